The second-order valence-electron chi connectivity index (χ2n) is 9.20. The average molecular weight is 484 g/mol. The normalized spacial score (nSPS) is 17.1. The monoisotopic (exact) mass is 483 g/mol. The zero-order valence-electron chi connectivity index (χ0n) is 19.4. The van der Waals surface area contributed by atoms with Crippen molar-refractivity contribution in [2.75, 3.05) is 0 Å². The first-order valence-electron chi connectivity index (χ1n) is 11.6. The molecular weight excluding hydrogens is 455 g/mol. The van der Waals surface area contributed by atoms with E-state index in [1.165, 1.54) is 0 Å². The summed E-state index contributed by atoms with van der Waals surface area (Å²) in [5.41, 5.74) is 9.40. The lowest BCUT2D eigenvalue weighted by atomic mass is 9.94. The Balaban J connectivity index is 1.63. The summed E-state index contributed by atoms with van der Waals surface area (Å²) >= 11 is 0. The van der Waals surface area contributed by atoms with Gasteiger partial charge in [-0.3, -0.25) is 4.79 Å². The Morgan fingerprint density at radius 3 is 2.54 bits per heavy atom. The van der Waals surface area contributed by atoms with Crippen molar-refractivity contribution in [2.24, 2.45) is 11.7 Å². The van der Waals surface area contributed by atoms with Gasteiger partial charge >= 0.3 is 5.97 Å². The molecule has 184 valence electrons. The van der Waals surface area contributed by atoms with Gasteiger partial charge in [0.25, 0.3) is 5.92 Å². The number of para-hydroxylation sites is 1. The van der Waals surface area contributed by atoms with E-state index < -0.39 is 29.7 Å². The Labute approximate surface area is 202 Å². The van der Waals surface area contributed by atoms with Gasteiger partial charge in [-0.05, 0) is 48.6 Å². The maximum Gasteiger partial charge on any atom is 0.307 e. The van der Waals surface area contributed by atoms with Crippen LogP contribution in [0.2, 0.25) is 0 Å². The fourth-order valence-corrected chi connectivity index (χ4v) is 4.31. The van der Waals surface area contributed by atoms with Crippen molar-refractivity contribution in [3.63, 3.8) is 0 Å². The van der Waals surface area contributed by atoms with E-state index in [0.717, 1.165) is 11.1 Å². The fourth-order valence-electron chi connectivity index (χ4n) is 4.31. The van der Waals surface area contributed by atoms with Crippen LogP contribution >= 0.6 is 0 Å². The van der Waals surface area contributed by atoms with Crippen molar-refractivity contribution >= 4 is 5.97 Å². The maximum absolute atomic E-state index is 15.3. The van der Waals surface area contributed by atoms with E-state index in [9.17, 15) is 13.6 Å². The summed E-state index contributed by atoms with van der Waals surface area (Å²) in [6.07, 6.45) is 0.520. The van der Waals surface area contributed by atoms with Crippen LogP contribution in [0.5, 0.6) is 5.75 Å². The van der Waals surface area contributed by atoms with E-state index in [2.05, 4.69) is 0 Å². The number of halogens is 3. The third kappa shape index (κ3) is 6.03. The van der Waals surface area contributed by atoms with Crippen LogP contribution in [0.25, 0.3) is 11.1 Å². The van der Waals surface area contributed by atoms with Crippen LogP contribution in [-0.4, -0.2) is 17.0 Å². The second kappa shape index (κ2) is 10.1. The molecule has 0 amide bonds. The van der Waals surface area contributed by atoms with Gasteiger partial charge < -0.3 is 15.6 Å². The molecule has 0 radical (unpaired) electrons. The van der Waals surface area contributed by atoms with Gasteiger partial charge in [-0.1, -0.05) is 48.5 Å². The summed E-state index contributed by atoms with van der Waals surface area (Å²) in [6, 6.07) is 17.0. The molecule has 0 aliphatic heterocycles. The van der Waals surface area contributed by atoms with Gasteiger partial charge in [-0.2, -0.15) is 0 Å². The van der Waals surface area contributed by atoms with Crippen LogP contribution in [-0.2, 0) is 24.2 Å². The Hall–Kier alpha value is -3.32. The van der Waals surface area contributed by atoms with E-state index in [1.807, 2.05) is 12.1 Å². The Morgan fingerprint density at radius 2 is 1.86 bits per heavy atom. The van der Waals surface area contributed by atoms with Gasteiger partial charge in [-0.15, -0.1) is 0 Å². The van der Waals surface area contributed by atoms with Crippen molar-refractivity contribution in [2.45, 2.75) is 51.2 Å². The number of ether oxygens (including phenoxy) is 1. The Kier molecular flexibility index (Phi) is 7.17. The molecule has 7 heteroatoms. The number of hydrogen-bond donors (Lipinski definition) is 2. The molecule has 35 heavy (non-hydrogen) atoms. The average Bonchev–Trinajstić information content (AvgIpc) is 3.42. The van der Waals surface area contributed by atoms with Crippen LogP contribution in [0.1, 0.15) is 48.1 Å². The number of aliphatic carboxylic acids is 1. The third-order valence-corrected chi connectivity index (χ3v) is 6.33. The predicted molar refractivity (Wildman–Crippen MR) is 128 cm³/mol. The summed E-state index contributed by atoms with van der Waals surface area (Å²) in [7, 11) is 0. The minimum absolute atomic E-state index is 0.0892. The molecule has 3 N–H and O–H groups in total. The van der Waals surface area contributed by atoms with Crippen molar-refractivity contribution in [3.05, 3.63) is 88.7 Å². The Morgan fingerprint density at radius 1 is 1.14 bits per heavy atom. The molecule has 0 saturated heterocycles. The molecule has 3 aromatic carbocycles. The number of carboxylic acids is 1. The highest BCUT2D eigenvalue weighted by molar-refractivity contribution is 5.71. The topological polar surface area (TPSA) is 72.5 Å². The molecule has 1 fully saturated rings. The lowest BCUT2D eigenvalue weighted by molar-refractivity contribution is -0.136. The quantitative estimate of drug-likeness (QED) is 0.355. The van der Waals surface area contributed by atoms with Gasteiger partial charge in [0.1, 0.15) is 18.2 Å². The number of carbonyl (C=O) groups is 1. The molecule has 1 aliphatic carbocycles. The van der Waals surface area contributed by atoms with Crippen molar-refractivity contribution in [1.82, 2.24) is 0 Å². The lowest BCUT2D eigenvalue weighted by Crippen LogP contribution is -2.08. The van der Waals surface area contributed by atoms with Gasteiger partial charge in [0, 0.05) is 35.1 Å². The van der Waals surface area contributed by atoms with E-state index in [0.29, 0.717) is 40.8 Å². The van der Waals surface area contributed by atoms with Crippen LogP contribution in [0.3, 0.4) is 0 Å². The van der Waals surface area contributed by atoms with Crippen LogP contribution in [0, 0.1) is 11.7 Å². The highest BCUT2D eigenvalue weighted by atomic mass is 19.3. The molecule has 2 atom stereocenters. The summed E-state index contributed by atoms with van der Waals surface area (Å²) in [4.78, 5) is 11.2. The van der Waals surface area contributed by atoms with Crippen LogP contribution in [0.4, 0.5) is 13.2 Å². The predicted octanol–water partition coefficient (Wildman–Crippen LogP) is 6.31. The fraction of sp³-hybridized carbons (Fsp3) is 0.321. The first-order valence-corrected chi connectivity index (χ1v) is 11.6. The van der Waals surface area contributed by atoms with Gasteiger partial charge in [-0.25, -0.2) is 13.2 Å². The molecule has 3 aromatic rings. The molecule has 0 heterocycles. The van der Waals surface area contributed by atoms with E-state index in [-0.39, 0.29) is 19.4 Å². The van der Waals surface area contributed by atoms with Gasteiger partial charge in [0.2, 0.25) is 0 Å². The molecule has 1 aliphatic rings. The summed E-state index contributed by atoms with van der Waals surface area (Å²) in [6.45, 7) is 1.83. The molecule has 1 saturated carbocycles. The largest absolute Gasteiger partial charge is 0.489 e. The van der Waals surface area contributed by atoms with Crippen molar-refractivity contribution in [1.29, 1.82) is 0 Å². The highest BCUT2D eigenvalue weighted by Gasteiger charge is 2.55. The number of nitrogens with two attached hydrogens (primary N) is 1. The van der Waals surface area contributed by atoms with Crippen molar-refractivity contribution < 1.29 is 27.8 Å². The van der Waals surface area contributed by atoms with E-state index >= 15 is 4.39 Å². The first-order chi connectivity index (χ1) is 16.6. The van der Waals surface area contributed by atoms with Gasteiger partial charge in [0.15, 0.2) is 0 Å². The van der Waals surface area contributed by atoms with Gasteiger partial charge in [0.05, 0.1) is 6.42 Å². The first kappa shape index (κ1) is 24.8. The SMILES string of the molecule is C[C@@H](N)c1cccc(-c2cc(CCC3CC3(F)F)cc(COc3ccccc3CC(=O)O)c2)c1F. The molecule has 4 nitrogen and oxygen atoms in total. The zero-order valence-corrected chi connectivity index (χ0v) is 19.4. The molecular formula is C28H28F3NO3. The molecule has 0 bridgehead atoms. The minimum Gasteiger partial charge on any atom is -0.489 e. The number of aryl methyl sites for hydroxylation is 1. The number of benzene rings is 3. The summed E-state index contributed by atoms with van der Waals surface area (Å²) < 4.78 is 48.0. The highest BCUT2D eigenvalue weighted by Crippen LogP contribution is 2.51. The number of carboxylic acid groups (broad SMARTS) is 1. The third-order valence-electron chi connectivity index (χ3n) is 6.33. The minimum atomic E-state index is -2.59. The molecule has 0 aromatic heterocycles. The Bertz CT molecular complexity index is 1230. The van der Waals surface area contributed by atoms with Crippen molar-refractivity contribution in [3.8, 4) is 16.9 Å². The molecule has 4 rings (SSSR count). The standard InChI is InChI=1S/C28H28F3NO3/c1-17(32)23-6-4-7-24(27(23)29)21-12-18(9-10-22-15-28(22,30)31)11-19(13-21)16-35-25-8-3-2-5-20(25)14-26(33)34/h2-8,11-13,17,22H,9-10,14-16,32H2,1H3,(H,33,34)/t17-,22?/m1/s1. The zero-order chi connectivity index (χ0) is 25.2. The molecule has 1 unspecified atom stereocenters. The maximum atomic E-state index is 15.3. The van der Waals surface area contributed by atoms with E-state index in [1.54, 1.807) is 55.5 Å². The second-order valence-corrected chi connectivity index (χ2v) is 9.20. The number of hydrogen-bond acceptors (Lipinski definition) is 3. The number of alkyl halides is 2. The summed E-state index contributed by atoms with van der Waals surface area (Å²) in [5.74, 6) is -4.13. The summed E-state index contributed by atoms with van der Waals surface area (Å²) in [5, 5.41) is 9.16. The lowest BCUT2D eigenvalue weighted by Gasteiger charge is -2.15. The van der Waals surface area contributed by atoms with Crippen LogP contribution in [0.15, 0.2) is 60.7 Å². The van der Waals surface area contributed by atoms with Crippen LogP contribution < -0.4 is 10.5 Å². The number of rotatable bonds is 10. The van der Waals surface area contributed by atoms with E-state index in [4.69, 9.17) is 15.6 Å². The molecule has 0 spiro atoms. The smallest absolute Gasteiger partial charge is 0.307 e.